The lowest BCUT2D eigenvalue weighted by Gasteiger charge is -2.32. The quantitative estimate of drug-likeness (QED) is 0.490. The van der Waals surface area contributed by atoms with Gasteiger partial charge in [-0.3, -0.25) is 4.79 Å². The van der Waals surface area contributed by atoms with Crippen LogP contribution in [-0.4, -0.2) is 10.7 Å². The first kappa shape index (κ1) is 12.0. The Labute approximate surface area is 110 Å². The monoisotopic (exact) mass is 274 g/mol. The molecule has 6 heteroatoms. The zero-order chi connectivity index (χ0) is 13.5. The minimum absolute atomic E-state index is 0.293. The van der Waals surface area contributed by atoms with Crippen LogP contribution < -0.4 is 15.7 Å². The summed E-state index contributed by atoms with van der Waals surface area (Å²) in [5, 5.41) is 0.389. The summed E-state index contributed by atoms with van der Waals surface area (Å²) in [6.07, 6.45) is 0. The maximum Gasteiger partial charge on any atom is 0.390 e. The molecule has 1 aliphatic rings. The predicted molar refractivity (Wildman–Crippen MR) is 71.1 cm³/mol. The van der Waals surface area contributed by atoms with Gasteiger partial charge in [0.1, 0.15) is 5.75 Å². The van der Waals surface area contributed by atoms with Crippen molar-refractivity contribution in [2.45, 2.75) is 0 Å². The summed E-state index contributed by atoms with van der Waals surface area (Å²) in [7, 11) is -3.58. The van der Waals surface area contributed by atoms with E-state index < -0.39 is 13.4 Å². The molecule has 0 radical (unpaired) electrons. The van der Waals surface area contributed by atoms with Crippen molar-refractivity contribution in [1.29, 1.82) is 0 Å². The highest BCUT2D eigenvalue weighted by Crippen LogP contribution is 2.52. The van der Waals surface area contributed by atoms with E-state index in [1.807, 2.05) is 0 Å². The van der Waals surface area contributed by atoms with E-state index in [1.54, 1.807) is 54.6 Å². The Morgan fingerprint density at radius 3 is 2.37 bits per heavy atom. The summed E-state index contributed by atoms with van der Waals surface area (Å²) in [4.78, 5) is 12.2. The van der Waals surface area contributed by atoms with Gasteiger partial charge in [0.25, 0.3) is 5.91 Å². The fraction of sp³-hybridized carbons (Fsp3) is 0. The fourth-order valence-corrected chi connectivity index (χ4v) is 3.70. The lowest BCUT2D eigenvalue weighted by Crippen LogP contribution is -2.42. The van der Waals surface area contributed by atoms with Gasteiger partial charge >= 0.3 is 7.52 Å². The molecule has 0 bridgehead atoms. The van der Waals surface area contributed by atoms with Gasteiger partial charge < -0.3 is 4.52 Å². The molecular weight excluding hydrogens is 263 g/mol. The molecule has 5 nitrogen and oxygen atoms in total. The first-order valence-electron chi connectivity index (χ1n) is 5.67. The van der Waals surface area contributed by atoms with Crippen LogP contribution in [0.1, 0.15) is 10.4 Å². The Balaban J connectivity index is 2.16. The molecule has 2 aromatic rings. The van der Waals surface area contributed by atoms with Crippen LogP contribution in [-0.2, 0) is 4.57 Å². The minimum Gasteiger partial charge on any atom is -0.424 e. The van der Waals surface area contributed by atoms with E-state index in [4.69, 9.17) is 10.4 Å². The minimum atomic E-state index is -3.58. The van der Waals surface area contributed by atoms with Gasteiger partial charge in [0, 0.05) is 0 Å². The fourth-order valence-electron chi connectivity index (χ4n) is 1.94. The van der Waals surface area contributed by atoms with Crippen LogP contribution in [0.3, 0.4) is 0 Å². The molecule has 19 heavy (non-hydrogen) atoms. The second-order valence-electron chi connectivity index (χ2n) is 4.09. The summed E-state index contributed by atoms with van der Waals surface area (Å²) in [5.41, 5.74) is 0.312. The predicted octanol–water partition coefficient (Wildman–Crippen LogP) is 1.91. The second-order valence-corrected chi connectivity index (χ2v) is 6.26. The van der Waals surface area contributed by atoms with E-state index in [0.29, 0.717) is 21.4 Å². The number of amides is 1. The molecule has 2 N–H and O–H groups in total. The lowest BCUT2D eigenvalue weighted by atomic mass is 10.2. The third-order valence-corrected chi connectivity index (χ3v) is 5.06. The van der Waals surface area contributed by atoms with Gasteiger partial charge in [-0.05, 0) is 24.3 Å². The number of benzene rings is 2. The molecule has 0 fully saturated rings. The zero-order valence-corrected chi connectivity index (χ0v) is 10.8. The molecule has 96 valence electrons. The number of hydrogen-bond acceptors (Lipinski definition) is 4. The van der Waals surface area contributed by atoms with Crippen molar-refractivity contribution >= 4 is 18.7 Å². The SMILES string of the molecule is NN1C(=O)c2ccccc2OP1(=O)c1ccccc1. The van der Waals surface area contributed by atoms with E-state index in [2.05, 4.69) is 0 Å². The van der Waals surface area contributed by atoms with E-state index in [1.165, 1.54) is 0 Å². The van der Waals surface area contributed by atoms with E-state index in [9.17, 15) is 9.36 Å². The third-order valence-electron chi connectivity index (χ3n) is 2.91. The van der Waals surface area contributed by atoms with Crippen molar-refractivity contribution in [3.63, 3.8) is 0 Å². The summed E-state index contributed by atoms with van der Waals surface area (Å²) >= 11 is 0. The van der Waals surface area contributed by atoms with Crippen molar-refractivity contribution in [1.82, 2.24) is 4.78 Å². The number of nitrogens with zero attached hydrogens (tertiary/aromatic N) is 1. The molecule has 1 unspecified atom stereocenters. The van der Waals surface area contributed by atoms with Crippen molar-refractivity contribution in [3.05, 3.63) is 60.2 Å². The number of carbonyl (C=O) groups excluding carboxylic acids is 1. The van der Waals surface area contributed by atoms with Gasteiger partial charge in [-0.1, -0.05) is 30.3 Å². The molecular formula is C13H11N2O3P. The molecule has 3 rings (SSSR count). The molecule has 1 atom stereocenters. The molecule has 1 aliphatic heterocycles. The molecule has 0 saturated carbocycles. The normalized spacial score (nSPS) is 21.7. The Kier molecular flexibility index (Phi) is 2.66. The van der Waals surface area contributed by atoms with Gasteiger partial charge in [0.05, 0.1) is 10.9 Å². The zero-order valence-electron chi connectivity index (χ0n) is 9.89. The number of hydrogen-bond donors (Lipinski definition) is 1. The summed E-state index contributed by atoms with van der Waals surface area (Å²) < 4.78 is 19.1. The molecule has 1 heterocycles. The number of para-hydroxylation sites is 1. The van der Waals surface area contributed by atoms with Gasteiger partial charge in [-0.2, -0.15) is 4.78 Å². The van der Waals surface area contributed by atoms with Crippen LogP contribution in [0.5, 0.6) is 5.75 Å². The maximum absolute atomic E-state index is 12.9. The number of nitrogens with two attached hydrogens (primary N) is 1. The highest BCUT2D eigenvalue weighted by molar-refractivity contribution is 7.65. The van der Waals surface area contributed by atoms with Crippen LogP contribution in [0, 0.1) is 0 Å². The van der Waals surface area contributed by atoms with Crippen molar-refractivity contribution in [2.75, 3.05) is 0 Å². The summed E-state index contributed by atoms with van der Waals surface area (Å²) in [6, 6.07) is 15.1. The number of rotatable bonds is 1. The second kappa shape index (κ2) is 4.23. The number of hydrazine groups is 1. The lowest BCUT2D eigenvalue weighted by molar-refractivity contribution is 0.0835. The molecule has 0 aliphatic carbocycles. The Morgan fingerprint density at radius 1 is 1.00 bits per heavy atom. The Hall–Kier alpha value is -2.10. The van der Waals surface area contributed by atoms with Crippen LogP contribution in [0.25, 0.3) is 0 Å². The molecule has 1 amide bonds. The van der Waals surface area contributed by atoms with Gasteiger partial charge in [0.2, 0.25) is 0 Å². The smallest absolute Gasteiger partial charge is 0.390 e. The summed E-state index contributed by atoms with van der Waals surface area (Å²) in [6.45, 7) is 0. The van der Waals surface area contributed by atoms with Gasteiger partial charge in [-0.15, -0.1) is 0 Å². The van der Waals surface area contributed by atoms with Crippen LogP contribution in [0.2, 0.25) is 0 Å². The summed E-state index contributed by atoms with van der Waals surface area (Å²) in [5.74, 6) is 5.49. The topological polar surface area (TPSA) is 72.6 Å². The van der Waals surface area contributed by atoms with Crippen molar-refractivity contribution in [3.8, 4) is 5.75 Å². The molecule has 0 spiro atoms. The van der Waals surface area contributed by atoms with E-state index >= 15 is 0 Å². The average Bonchev–Trinajstić information content (AvgIpc) is 2.46. The Bertz CT molecular complexity index is 687. The largest absolute Gasteiger partial charge is 0.424 e. The van der Waals surface area contributed by atoms with Crippen LogP contribution in [0.15, 0.2) is 54.6 Å². The van der Waals surface area contributed by atoms with E-state index in [0.717, 1.165) is 0 Å². The van der Waals surface area contributed by atoms with E-state index in [-0.39, 0.29) is 0 Å². The first-order chi connectivity index (χ1) is 9.13. The van der Waals surface area contributed by atoms with Gasteiger partial charge in [-0.25, -0.2) is 10.4 Å². The average molecular weight is 274 g/mol. The molecule has 0 aromatic heterocycles. The standard InChI is InChI=1S/C13H11N2O3P/c14-15-13(16)11-8-4-5-9-12(11)18-19(15,17)10-6-2-1-3-7-10/h1-9H,14H2. The maximum atomic E-state index is 12.9. The highest BCUT2D eigenvalue weighted by Gasteiger charge is 2.43. The third kappa shape index (κ3) is 1.75. The van der Waals surface area contributed by atoms with Crippen molar-refractivity contribution < 1.29 is 13.9 Å². The number of fused-ring (bicyclic) bond motifs is 1. The first-order valence-corrected chi connectivity index (χ1v) is 7.24. The van der Waals surface area contributed by atoms with Gasteiger partial charge in [0.15, 0.2) is 0 Å². The molecule has 2 aromatic carbocycles. The van der Waals surface area contributed by atoms with Crippen LogP contribution >= 0.6 is 7.52 Å². The number of carbonyl (C=O) groups is 1. The van der Waals surface area contributed by atoms with Crippen molar-refractivity contribution in [2.24, 2.45) is 5.84 Å². The highest BCUT2D eigenvalue weighted by atomic mass is 31.2. The molecule has 0 saturated heterocycles. The van der Waals surface area contributed by atoms with Crippen LogP contribution in [0.4, 0.5) is 0 Å². The Morgan fingerprint density at radius 2 is 1.63 bits per heavy atom.